The fraction of sp³-hybridized carbons (Fsp3) is 0.400. The molecule has 5 nitrogen and oxygen atoms in total. The Labute approximate surface area is 130 Å². The van der Waals surface area contributed by atoms with Crippen LogP contribution in [0.25, 0.3) is 0 Å². The van der Waals surface area contributed by atoms with Gasteiger partial charge in [-0.2, -0.15) is 5.10 Å². The van der Waals surface area contributed by atoms with Crippen molar-refractivity contribution < 1.29 is 4.74 Å². The summed E-state index contributed by atoms with van der Waals surface area (Å²) in [5, 5.41) is 5.01. The molecule has 6 heteroatoms. The van der Waals surface area contributed by atoms with E-state index in [4.69, 9.17) is 22.2 Å². The summed E-state index contributed by atoms with van der Waals surface area (Å²) in [5.74, 6) is 5.74. The number of hydrogen-bond donors (Lipinski definition) is 2. The van der Waals surface area contributed by atoms with Crippen LogP contribution in [0.4, 0.5) is 0 Å². The first-order chi connectivity index (χ1) is 10.1. The van der Waals surface area contributed by atoms with Gasteiger partial charge in [0.05, 0.1) is 28.6 Å². The van der Waals surface area contributed by atoms with Crippen molar-refractivity contribution >= 4 is 11.6 Å². The minimum absolute atomic E-state index is 0.107. The number of methoxy groups -OCH3 is 1. The van der Waals surface area contributed by atoms with Crippen molar-refractivity contribution in [3.8, 4) is 0 Å². The van der Waals surface area contributed by atoms with Gasteiger partial charge in [-0.15, -0.1) is 0 Å². The standard InChI is InChI=1S/C15H21ClN4O/c1-10-14(16)13(20(2)19-10)9-12(18-17)15(21-3)11-7-5-4-6-8-11/h4-8,12,15,18H,9,17H2,1-3H3. The van der Waals surface area contributed by atoms with Crippen molar-refractivity contribution in [3.63, 3.8) is 0 Å². The van der Waals surface area contributed by atoms with Crippen LogP contribution in [0.5, 0.6) is 0 Å². The lowest BCUT2D eigenvalue weighted by molar-refractivity contribution is 0.0673. The minimum atomic E-state index is -0.164. The molecule has 0 radical (unpaired) electrons. The van der Waals surface area contributed by atoms with Gasteiger partial charge < -0.3 is 4.74 Å². The first-order valence-electron chi connectivity index (χ1n) is 6.80. The smallest absolute Gasteiger partial charge is 0.0991 e. The van der Waals surface area contributed by atoms with E-state index in [1.54, 1.807) is 11.8 Å². The molecule has 0 aliphatic rings. The Morgan fingerprint density at radius 3 is 2.52 bits per heavy atom. The van der Waals surface area contributed by atoms with E-state index in [2.05, 4.69) is 10.5 Å². The number of benzene rings is 1. The molecule has 0 amide bonds. The predicted octanol–water partition coefficient (Wildman–Crippen LogP) is 2.14. The number of rotatable bonds is 6. The number of nitrogens with one attached hydrogen (secondary N) is 1. The molecule has 2 unspecified atom stereocenters. The van der Waals surface area contributed by atoms with Crippen LogP contribution in [-0.2, 0) is 18.2 Å². The quantitative estimate of drug-likeness (QED) is 0.634. The number of hydrazine groups is 1. The lowest BCUT2D eigenvalue weighted by Gasteiger charge is -2.26. The average Bonchev–Trinajstić information content (AvgIpc) is 2.74. The largest absolute Gasteiger partial charge is 0.375 e. The van der Waals surface area contributed by atoms with Crippen molar-refractivity contribution in [1.29, 1.82) is 0 Å². The maximum Gasteiger partial charge on any atom is 0.0991 e. The molecule has 0 aliphatic carbocycles. The van der Waals surface area contributed by atoms with E-state index in [0.717, 1.165) is 17.0 Å². The summed E-state index contributed by atoms with van der Waals surface area (Å²) in [5.41, 5.74) is 5.66. The fourth-order valence-electron chi connectivity index (χ4n) is 2.54. The zero-order chi connectivity index (χ0) is 15.4. The zero-order valence-electron chi connectivity index (χ0n) is 12.5. The van der Waals surface area contributed by atoms with Crippen molar-refractivity contribution in [3.05, 3.63) is 52.3 Å². The van der Waals surface area contributed by atoms with Gasteiger partial charge in [-0.1, -0.05) is 41.9 Å². The van der Waals surface area contributed by atoms with Crippen molar-refractivity contribution in [1.82, 2.24) is 15.2 Å². The Morgan fingerprint density at radius 2 is 2.05 bits per heavy atom. The van der Waals surface area contributed by atoms with E-state index in [9.17, 15) is 0 Å². The third kappa shape index (κ3) is 3.44. The van der Waals surface area contributed by atoms with E-state index < -0.39 is 0 Å². The molecule has 1 aromatic carbocycles. The SMILES string of the molecule is COC(c1ccccc1)C(Cc1c(Cl)c(C)nn1C)NN. The number of nitrogens with zero attached hydrogens (tertiary/aromatic N) is 2. The van der Waals surface area contributed by atoms with Gasteiger partial charge in [-0.05, 0) is 12.5 Å². The van der Waals surface area contributed by atoms with Gasteiger partial charge in [-0.3, -0.25) is 16.0 Å². The van der Waals surface area contributed by atoms with Crippen LogP contribution in [0, 0.1) is 6.92 Å². The van der Waals surface area contributed by atoms with Crippen LogP contribution in [0.15, 0.2) is 30.3 Å². The average molecular weight is 309 g/mol. The Morgan fingerprint density at radius 1 is 1.38 bits per heavy atom. The highest BCUT2D eigenvalue weighted by Gasteiger charge is 2.25. The third-order valence-electron chi connectivity index (χ3n) is 3.64. The number of hydrogen-bond acceptors (Lipinski definition) is 4. The highest BCUT2D eigenvalue weighted by Crippen LogP contribution is 2.26. The summed E-state index contributed by atoms with van der Waals surface area (Å²) < 4.78 is 7.42. The van der Waals surface area contributed by atoms with Crippen molar-refractivity contribution in [2.24, 2.45) is 12.9 Å². The number of aryl methyl sites for hydroxylation is 2. The Bertz CT molecular complexity index is 585. The summed E-state index contributed by atoms with van der Waals surface area (Å²) >= 11 is 6.32. The van der Waals surface area contributed by atoms with Gasteiger partial charge in [0.2, 0.25) is 0 Å². The van der Waals surface area contributed by atoms with Gasteiger partial charge in [0.25, 0.3) is 0 Å². The minimum Gasteiger partial charge on any atom is -0.375 e. The number of ether oxygens (including phenoxy) is 1. The maximum atomic E-state index is 6.32. The lowest BCUT2D eigenvalue weighted by Crippen LogP contribution is -2.42. The normalized spacial score (nSPS) is 14.1. The van der Waals surface area contributed by atoms with Gasteiger partial charge in [0.1, 0.15) is 0 Å². The molecule has 0 saturated heterocycles. The number of nitrogens with two attached hydrogens (primary N) is 1. The molecular weight excluding hydrogens is 288 g/mol. The Kier molecular flexibility index (Phi) is 5.36. The first-order valence-corrected chi connectivity index (χ1v) is 7.18. The third-order valence-corrected chi connectivity index (χ3v) is 4.13. The van der Waals surface area contributed by atoms with E-state index in [1.807, 2.05) is 44.3 Å². The van der Waals surface area contributed by atoms with E-state index in [1.165, 1.54) is 0 Å². The molecule has 0 fully saturated rings. The van der Waals surface area contributed by atoms with Gasteiger partial charge in [-0.25, -0.2) is 0 Å². The summed E-state index contributed by atoms with van der Waals surface area (Å²) in [6, 6.07) is 9.88. The van der Waals surface area contributed by atoms with Crippen LogP contribution in [-0.4, -0.2) is 22.9 Å². The van der Waals surface area contributed by atoms with Crippen LogP contribution in [0.1, 0.15) is 23.1 Å². The first kappa shape index (κ1) is 16.0. The molecule has 0 spiro atoms. The summed E-state index contributed by atoms with van der Waals surface area (Å²) in [7, 11) is 3.56. The van der Waals surface area contributed by atoms with Gasteiger partial charge >= 0.3 is 0 Å². The lowest BCUT2D eigenvalue weighted by atomic mass is 9.98. The molecule has 0 saturated carbocycles. The van der Waals surface area contributed by atoms with Crippen LogP contribution in [0.2, 0.25) is 5.02 Å². The van der Waals surface area contributed by atoms with Gasteiger partial charge in [0, 0.05) is 20.6 Å². The molecule has 3 N–H and O–H groups in total. The second kappa shape index (κ2) is 7.04. The molecule has 0 aliphatic heterocycles. The highest BCUT2D eigenvalue weighted by molar-refractivity contribution is 6.31. The number of aromatic nitrogens is 2. The molecule has 1 heterocycles. The van der Waals surface area contributed by atoms with E-state index in [0.29, 0.717) is 11.4 Å². The van der Waals surface area contributed by atoms with Crippen molar-refractivity contribution in [2.75, 3.05) is 7.11 Å². The Balaban J connectivity index is 2.26. The number of halogens is 1. The fourth-order valence-corrected chi connectivity index (χ4v) is 2.78. The molecule has 2 rings (SSSR count). The van der Waals surface area contributed by atoms with Crippen LogP contribution >= 0.6 is 11.6 Å². The summed E-state index contributed by atoms with van der Waals surface area (Å²) in [4.78, 5) is 0. The molecule has 21 heavy (non-hydrogen) atoms. The van der Waals surface area contributed by atoms with Crippen LogP contribution in [0.3, 0.4) is 0 Å². The molecular formula is C15H21ClN4O. The van der Waals surface area contributed by atoms with E-state index >= 15 is 0 Å². The molecule has 0 bridgehead atoms. The molecule has 2 aromatic rings. The summed E-state index contributed by atoms with van der Waals surface area (Å²) in [6.07, 6.45) is 0.461. The van der Waals surface area contributed by atoms with Crippen molar-refractivity contribution in [2.45, 2.75) is 25.5 Å². The molecule has 1 aromatic heterocycles. The van der Waals surface area contributed by atoms with Crippen LogP contribution < -0.4 is 11.3 Å². The van der Waals surface area contributed by atoms with Gasteiger partial charge in [0.15, 0.2) is 0 Å². The predicted molar refractivity (Wildman–Crippen MR) is 84.0 cm³/mol. The maximum absolute atomic E-state index is 6.32. The monoisotopic (exact) mass is 308 g/mol. The topological polar surface area (TPSA) is 65.1 Å². The molecule has 2 atom stereocenters. The zero-order valence-corrected chi connectivity index (χ0v) is 13.3. The Hall–Kier alpha value is -1.40. The summed E-state index contributed by atoms with van der Waals surface area (Å²) in [6.45, 7) is 1.89. The second-order valence-corrected chi connectivity index (χ2v) is 5.39. The molecule has 114 valence electrons. The van der Waals surface area contributed by atoms with E-state index in [-0.39, 0.29) is 12.1 Å². The highest BCUT2D eigenvalue weighted by atomic mass is 35.5. The second-order valence-electron chi connectivity index (χ2n) is 5.01.